The van der Waals surface area contributed by atoms with E-state index in [1.165, 1.54) is 0 Å². The smallest absolute Gasteiger partial charge is 0.188 e. The third-order valence-electron chi connectivity index (χ3n) is 3.64. The van der Waals surface area contributed by atoms with Crippen molar-refractivity contribution in [2.45, 2.75) is 78.3 Å². The fourth-order valence-electron chi connectivity index (χ4n) is 1.78. The first-order chi connectivity index (χ1) is 10.5. The maximum Gasteiger partial charge on any atom is 0.188 e. The van der Waals surface area contributed by atoms with Crippen LogP contribution < -0.4 is 22.1 Å². The molecule has 0 aliphatic heterocycles. The molecule has 0 saturated heterocycles. The Morgan fingerprint density at radius 1 is 0.783 bits per heavy atom. The average molecular weight is 440 g/mol. The van der Waals surface area contributed by atoms with E-state index in [1.807, 2.05) is 0 Å². The van der Waals surface area contributed by atoms with Gasteiger partial charge in [0, 0.05) is 25.2 Å². The Bertz CT molecular complexity index is 301. The van der Waals surface area contributed by atoms with Crippen molar-refractivity contribution in [2.75, 3.05) is 13.1 Å². The van der Waals surface area contributed by atoms with Gasteiger partial charge in [-0.1, -0.05) is 26.7 Å². The van der Waals surface area contributed by atoms with Gasteiger partial charge in [0.25, 0.3) is 0 Å². The summed E-state index contributed by atoms with van der Waals surface area (Å²) in [6, 6.07) is 0.771. The lowest BCUT2D eigenvalue weighted by atomic mass is 10.2. The fraction of sp³-hybridized carbons (Fsp3) is 0.875. The van der Waals surface area contributed by atoms with E-state index in [2.05, 4.69) is 48.3 Å². The number of hydrogen-bond acceptors (Lipinski definition) is 2. The first-order valence-electron chi connectivity index (χ1n) is 8.62. The van der Waals surface area contributed by atoms with Gasteiger partial charge in [-0.05, 0) is 39.5 Å². The highest BCUT2D eigenvalue weighted by molar-refractivity contribution is 14.0. The Hall–Kier alpha value is -0.730. The Morgan fingerprint density at radius 3 is 1.43 bits per heavy atom. The van der Waals surface area contributed by atoms with Crippen LogP contribution in [-0.2, 0) is 0 Å². The van der Waals surface area contributed by atoms with Gasteiger partial charge in [0.15, 0.2) is 11.9 Å². The van der Waals surface area contributed by atoms with Gasteiger partial charge in [0.2, 0.25) is 0 Å². The van der Waals surface area contributed by atoms with E-state index < -0.39 is 0 Å². The molecule has 0 radical (unpaired) electrons. The van der Waals surface area contributed by atoms with Crippen molar-refractivity contribution in [3.63, 3.8) is 0 Å². The van der Waals surface area contributed by atoms with Crippen LogP contribution in [-0.4, -0.2) is 37.1 Å². The number of halogens is 1. The molecule has 0 saturated carbocycles. The van der Waals surface area contributed by atoms with Gasteiger partial charge in [-0.2, -0.15) is 0 Å². The summed E-state index contributed by atoms with van der Waals surface area (Å²) in [5, 5.41) is 6.33. The minimum Gasteiger partial charge on any atom is -0.370 e. The highest BCUT2D eigenvalue weighted by atomic mass is 127. The second kappa shape index (κ2) is 16.1. The number of aliphatic imine (C=N–C) groups is 2. The molecule has 23 heavy (non-hydrogen) atoms. The van der Waals surface area contributed by atoms with Crippen LogP contribution >= 0.6 is 24.0 Å². The maximum absolute atomic E-state index is 5.80. The van der Waals surface area contributed by atoms with Crippen LogP contribution in [0.25, 0.3) is 0 Å². The van der Waals surface area contributed by atoms with Gasteiger partial charge >= 0.3 is 0 Å². The average Bonchev–Trinajstić information content (AvgIpc) is 2.49. The second-order valence-corrected chi connectivity index (χ2v) is 5.86. The quantitative estimate of drug-likeness (QED) is 0.172. The van der Waals surface area contributed by atoms with E-state index in [4.69, 9.17) is 11.5 Å². The first-order valence-corrected chi connectivity index (χ1v) is 8.62. The molecule has 0 spiro atoms. The van der Waals surface area contributed by atoms with Crippen LogP contribution in [0.2, 0.25) is 0 Å². The molecular weight excluding hydrogens is 403 g/mol. The van der Waals surface area contributed by atoms with E-state index in [-0.39, 0.29) is 24.0 Å². The summed E-state index contributed by atoms with van der Waals surface area (Å²) >= 11 is 0. The van der Waals surface area contributed by atoms with Crippen molar-refractivity contribution in [3.05, 3.63) is 0 Å². The molecule has 0 rings (SSSR count). The Kier molecular flexibility index (Phi) is 17.2. The minimum atomic E-state index is 0. The van der Waals surface area contributed by atoms with E-state index in [9.17, 15) is 0 Å². The Labute approximate surface area is 159 Å². The van der Waals surface area contributed by atoms with E-state index in [0.717, 1.165) is 51.6 Å². The summed E-state index contributed by atoms with van der Waals surface area (Å²) < 4.78 is 0. The largest absolute Gasteiger partial charge is 0.370 e. The Morgan fingerprint density at radius 2 is 1.13 bits per heavy atom. The SMILES string of the molecule is CCC(C)NC(N)=NCCCCCCN=C(N)NC(C)CC.I. The van der Waals surface area contributed by atoms with Crippen LogP contribution in [0.4, 0.5) is 0 Å². The molecular formula is C16H37IN6. The summed E-state index contributed by atoms with van der Waals surface area (Å²) in [6.45, 7) is 10.0. The molecule has 6 N–H and O–H groups in total. The van der Waals surface area contributed by atoms with Crippen molar-refractivity contribution in [2.24, 2.45) is 21.5 Å². The number of rotatable bonds is 11. The summed E-state index contributed by atoms with van der Waals surface area (Å²) in [6.07, 6.45) is 6.51. The first kappa shape index (κ1) is 24.5. The highest BCUT2D eigenvalue weighted by Gasteiger charge is 1.99. The summed E-state index contributed by atoms with van der Waals surface area (Å²) in [5.41, 5.74) is 11.6. The molecule has 6 nitrogen and oxygen atoms in total. The van der Waals surface area contributed by atoms with Gasteiger partial charge in [-0.3, -0.25) is 9.98 Å². The number of nitrogens with zero attached hydrogens (tertiary/aromatic N) is 2. The Balaban J connectivity index is 0. The van der Waals surface area contributed by atoms with Crippen molar-refractivity contribution in [1.29, 1.82) is 0 Å². The van der Waals surface area contributed by atoms with Gasteiger partial charge in [0.1, 0.15) is 0 Å². The highest BCUT2D eigenvalue weighted by Crippen LogP contribution is 2.00. The number of nitrogens with two attached hydrogens (primary N) is 2. The van der Waals surface area contributed by atoms with Gasteiger partial charge < -0.3 is 22.1 Å². The van der Waals surface area contributed by atoms with E-state index in [0.29, 0.717) is 24.0 Å². The van der Waals surface area contributed by atoms with Crippen LogP contribution in [0.3, 0.4) is 0 Å². The molecule has 0 aliphatic carbocycles. The van der Waals surface area contributed by atoms with E-state index in [1.54, 1.807) is 0 Å². The predicted octanol–water partition coefficient (Wildman–Crippen LogP) is 2.57. The molecule has 0 amide bonds. The summed E-state index contributed by atoms with van der Waals surface area (Å²) in [4.78, 5) is 8.65. The maximum atomic E-state index is 5.80. The topological polar surface area (TPSA) is 101 Å². The molecule has 138 valence electrons. The third kappa shape index (κ3) is 15.9. The lowest BCUT2D eigenvalue weighted by molar-refractivity contribution is 0.624. The number of guanidine groups is 2. The van der Waals surface area contributed by atoms with E-state index >= 15 is 0 Å². The summed E-state index contributed by atoms with van der Waals surface area (Å²) in [7, 11) is 0. The predicted molar refractivity (Wildman–Crippen MR) is 113 cm³/mol. The molecule has 0 fully saturated rings. The minimum absolute atomic E-state index is 0. The molecule has 2 unspecified atom stereocenters. The lowest BCUT2D eigenvalue weighted by Crippen LogP contribution is -2.38. The molecule has 0 aliphatic rings. The van der Waals surface area contributed by atoms with Crippen molar-refractivity contribution in [3.8, 4) is 0 Å². The van der Waals surface area contributed by atoms with Gasteiger partial charge in [-0.25, -0.2) is 0 Å². The molecule has 0 aromatic heterocycles. The molecule has 0 heterocycles. The molecule has 0 bridgehead atoms. The third-order valence-corrected chi connectivity index (χ3v) is 3.64. The van der Waals surface area contributed by atoms with Crippen LogP contribution in [0, 0.1) is 0 Å². The van der Waals surface area contributed by atoms with Crippen LogP contribution in [0.5, 0.6) is 0 Å². The molecule has 0 aromatic rings. The molecule has 2 atom stereocenters. The number of unbranched alkanes of at least 4 members (excludes halogenated alkanes) is 3. The fourth-order valence-corrected chi connectivity index (χ4v) is 1.78. The van der Waals surface area contributed by atoms with Crippen molar-refractivity contribution in [1.82, 2.24) is 10.6 Å². The van der Waals surface area contributed by atoms with Gasteiger partial charge in [-0.15, -0.1) is 24.0 Å². The molecule has 7 heteroatoms. The van der Waals surface area contributed by atoms with Gasteiger partial charge in [0.05, 0.1) is 0 Å². The number of hydrogen-bond donors (Lipinski definition) is 4. The number of nitrogens with one attached hydrogen (secondary N) is 2. The zero-order valence-electron chi connectivity index (χ0n) is 15.3. The van der Waals surface area contributed by atoms with Crippen LogP contribution in [0.1, 0.15) is 66.2 Å². The normalized spacial score (nSPS) is 14.8. The zero-order chi connectivity index (χ0) is 16.8. The second-order valence-electron chi connectivity index (χ2n) is 5.86. The summed E-state index contributed by atoms with van der Waals surface area (Å²) in [5.74, 6) is 1.12. The van der Waals surface area contributed by atoms with Crippen LogP contribution in [0.15, 0.2) is 9.98 Å². The zero-order valence-corrected chi connectivity index (χ0v) is 17.6. The standard InChI is InChI=1S/C16H36N6.HI/c1-5-13(3)21-15(17)19-11-9-7-8-10-12-20-16(18)22-14(4)6-2;/h13-14H,5-12H2,1-4H3,(H3,17,19,21)(H3,18,20,22);1H. The monoisotopic (exact) mass is 440 g/mol. The lowest BCUT2D eigenvalue weighted by Gasteiger charge is -2.11. The molecule has 0 aromatic carbocycles. The van der Waals surface area contributed by atoms with Crippen molar-refractivity contribution < 1.29 is 0 Å². The van der Waals surface area contributed by atoms with Crippen molar-refractivity contribution >= 4 is 35.9 Å².